The van der Waals surface area contributed by atoms with Gasteiger partial charge in [0.2, 0.25) is 0 Å². The molecule has 0 aromatic rings. The summed E-state index contributed by atoms with van der Waals surface area (Å²) < 4.78 is 10.2. The first-order valence-electron chi connectivity index (χ1n) is 5.44. The van der Waals surface area contributed by atoms with Crippen LogP contribution in [0.25, 0.3) is 0 Å². The molecule has 1 heterocycles. The molecule has 0 unspecified atom stereocenters. The van der Waals surface area contributed by atoms with Crippen LogP contribution < -0.4 is 0 Å². The van der Waals surface area contributed by atoms with E-state index in [9.17, 15) is 9.59 Å². The summed E-state index contributed by atoms with van der Waals surface area (Å²) in [6, 6.07) is 0. The Labute approximate surface area is 88.9 Å². The molecular weight excluding hydrogens is 196 g/mol. The summed E-state index contributed by atoms with van der Waals surface area (Å²) >= 11 is 0. The van der Waals surface area contributed by atoms with Crippen molar-refractivity contribution in [1.29, 1.82) is 0 Å². The van der Waals surface area contributed by atoms with Gasteiger partial charge in [-0.15, -0.1) is 0 Å². The first-order valence-corrected chi connectivity index (χ1v) is 5.44. The van der Waals surface area contributed by atoms with E-state index >= 15 is 0 Å². The van der Waals surface area contributed by atoms with Crippen molar-refractivity contribution in [2.75, 3.05) is 0 Å². The molecule has 4 nitrogen and oxygen atoms in total. The van der Waals surface area contributed by atoms with Crippen LogP contribution >= 0.6 is 0 Å². The van der Waals surface area contributed by atoms with Crippen LogP contribution in [0.2, 0.25) is 0 Å². The molecular formula is C11H16O4. The van der Waals surface area contributed by atoms with Crippen LogP contribution in [-0.4, -0.2) is 18.2 Å². The van der Waals surface area contributed by atoms with Crippen LogP contribution in [0.15, 0.2) is 0 Å². The fourth-order valence-electron chi connectivity index (χ4n) is 2.79. The second kappa shape index (κ2) is 3.83. The van der Waals surface area contributed by atoms with E-state index in [-0.39, 0.29) is 17.9 Å². The first kappa shape index (κ1) is 10.5. The highest BCUT2D eigenvalue weighted by molar-refractivity contribution is 5.71. The van der Waals surface area contributed by atoms with E-state index in [2.05, 4.69) is 6.92 Å². The van der Waals surface area contributed by atoms with E-state index < -0.39 is 6.29 Å². The normalized spacial score (nSPS) is 39.5. The van der Waals surface area contributed by atoms with Crippen LogP contribution in [0.1, 0.15) is 33.1 Å². The predicted molar refractivity (Wildman–Crippen MR) is 51.6 cm³/mol. The van der Waals surface area contributed by atoms with Crippen molar-refractivity contribution in [2.45, 2.75) is 39.4 Å². The summed E-state index contributed by atoms with van der Waals surface area (Å²) in [6.07, 6.45) is 1.96. The lowest BCUT2D eigenvalue weighted by atomic mass is 9.86. The molecule has 4 heteroatoms. The van der Waals surface area contributed by atoms with Crippen molar-refractivity contribution >= 4 is 11.9 Å². The predicted octanol–water partition coefficient (Wildman–Crippen LogP) is 1.48. The van der Waals surface area contributed by atoms with Gasteiger partial charge in [0.05, 0.1) is 0 Å². The zero-order valence-corrected chi connectivity index (χ0v) is 9.06. The molecule has 2 fully saturated rings. The minimum atomic E-state index is -0.647. The summed E-state index contributed by atoms with van der Waals surface area (Å²) in [5.74, 6) is 0.383. The van der Waals surface area contributed by atoms with Gasteiger partial charge in [0.15, 0.2) is 0 Å². The Hall–Kier alpha value is -1.06. The molecule has 84 valence electrons. The maximum atomic E-state index is 11.3. The van der Waals surface area contributed by atoms with Crippen molar-refractivity contribution < 1.29 is 19.1 Å². The van der Waals surface area contributed by atoms with Crippen LogP contribution in [0.3, 0.4) is 0 Å². The quantitative estimate of drug-likeness (QED) is 0.618. The third kappa shape index (κ3) is 1.98. The van der Waals surface area contributed by atoms with Gasteiger partial charge >= 0.3 is 11.9 Å². The van der Waals surface area contributed by atoms with Crippen molar-refractivity contribution in [2.24, 2.45) is 17.8 Å². The molecule has 0 amide bonds. The molecule has 4 atom stereocenters. The van der Waals surface area contributed by atoms with E-state index in [1.165, 1.54) is 6.92 Å². The number of fused-ring (bicyclic) bond motifs is 1. The van der Waals surface area contributed by atoms with Gasteiger partial charge in [-0.25, -0.2) is 0 Å². The maximum absolute atomic E-state index is 11.3. The van der Waals surface area contributed by atoms with Crippen molar-refractivity contribution in [3.8, 4) is 0 Å². The Kier molecular flexibility index (Phi) is 2.67. The third-order valence-electron chi connectivity index (χ3n) is 3.47. The van der Waals surface area contributed by atoms with Crippen LogP contribution in [0.5, 0.6) is 0 Å². The molecule has 15 heavy (non-hydrogen) atoms. The number of cyclic esters (lactones) is 1. The topological polar surface area (TPSA) is 52.6 Å². The summed E-state index contributed by atoms with van der Waals surface area (Å²) in [4.78, 5) is 22.2. The van der Waals surface area contributed by atoms with Crippen LogP contribution in [0, 0.1) is 17.8 Å². The van der Waals surface area contributed by atoms with Gasteiger partial charge in [-0.05, 0) is 24.7 Å². The van der Waals surface area contributed by atoms with Crippen LogP contribution in [-0.2, 0) is 19.1 Å². The van der Waals surface area contributed by atoms with E-state index in [0.717, 1.165) is 12.8 Å². The SMILES string of the molecule is CC(=O)O[C@H]1OC(=O)C[C@@H]2CC[C@@H](C)[C@@H]21. The number of rotatable bonds is 1. The van der Waals surface area contributed by atoms with Gasteiger partial charge in [0.25, 0.3) is 6.29 Å². The minimum Gasteiger partial charge on any atom is -0.425 e. The van der Waals surface area contributed by atoms with E-state index in [4.69, 9.17) is 9.47 Å². The fraction of sp³-hybridized carbons (Fsp3) is 0.818. The van der Waals surface area contributed by atoms with Gasteiger partial charge in [-0.2, -0.15) is 0 Å². The molecule has 1 saturated carbocycles. The fourth-order valence-corrected chi connectivity index (χ4v) is 2.79. The Morgan fingerprint density at radius 3 is 2.87 bits per heavy atom. The number of carbonyl (C=O) groups excluding carboxylic acids is 2. The van der Waals surface area contributed by atoms with Crippen molar-refractivity contribution in [3.63, 3.8) is 0 Å². The molecule has 2 aliphatic rings. The Bertz CT molecular complexity index is 284. The number of esters is 2. The lowest BCUT2D eigenvalue weighted by Gasteiger charge is -2.34. The Morgan fingerprint density at radius 1 is 1.47 bits per heavy atom. The van der Waals surface area contributed by atoms with E-state index in [0.29, 0.717) is 18.3 Å². The molecule has 0 aromatic carbocycles. The van der Waals surface area contributed by atoms with E-state index in [1.807, 2.05) is 0 Å². The Balaban J connectivity index is 2.12. The molecule has 0 aromatic heterocycles. The highest BCUT2D eigenvalue weighted by Crippen LogP contribution is 2.44. The highest BCUT2D eigenvalue weighted by Gasteiger charge is 2.46. The molecule has 1 aliphatic carbocycles. The molecule has 1 aliphatic heterocycles. The average Bonchev–Trinajstić information content (AvgIpc) is 2.46. The number of hydrogen-bond donors (Lipinski definition) is 0. The second-order valence-corrected chi connectivity index (χ2v) is 4.56. The molecule has 0 spiro atoms. The van der Waals surface area contributed by atoms with Gasteiger partial charge in [0.1, 0.15) is 0 Å². The lowest BCUT2D eigenvalue weighted by molar-refractivity contribution is -0.213. The smallest absolute Gasteiger partial charge is 0.309 e. The number of hydrogen-bond acceptors (Lipinski definition) is 4. The molecule has 0 radical (unpaired) electrons. The second-order valence-electron chi connectivity index (χ2n) is 4.56. The Morgan fingerprint density at radius 2 is 2.20 bits per heavy atom. The summed E-state index contributed by atoms with van der Waals surface area (Å²) in [5, 5.41) is 0. The zero-order valence-electron chi connectivity index (χ0n) is 9.06. The monoisotopic (exact) mass is 212 g/mol. The highest BCUT2D eigenvalue weighted by atomic mass is 16.7. The summed E-state index contributed by atoms with van der Waals surface area (Å²) in [6.45, 7) is 3.47. The number of carbonyl (C=O) groups is 2. The van der Waals surface area contributed by atoms with Gasteiger partial charge in [-0.3, -0.25) is 9.59 Å². The molecule has 1 saturated heterocycles. The summed E-state index contributed by atoms with van der Waals surface area (Å²) in [5.41, 5.74) is 0. The molecule has 2 rings (SSSR count). The summed E-state index contributed by atoms with van der Waals surface area (Å²) in [7, 11) is 0. The van der Waals surface area contributed by atoms with E-state index in [1.54, 1.807) is 0 Å². The zero-order chi connectivity index (χ0) is 11.0. The van der Waals surface area contributed by atoms with Gasteiger partial charge < -0.3 is 9.47 Å². The van der Waals surface area contributed by atoms with Gasteiger partial charge in [-0.1, -0.05) is 6.92 Å². The lowest BCUT2D eigenvalue weighted by Crippen LogP contribution is -2.41. The number of ether oxygens (including phenoxy) is 2. The standard InChI is InChI=1S/C11H16O4/c1-6-3-4-8-5-9(13)15-11(10(6)8)14-7(2)12/h6,8,10-11H,3-5H2,1-2H3/t6-,8+,10+,11+/m1/s1. The largest absolute Gasteiger partial charge is 0.425 e. The van der Waals surface area contributed by atoms with Crippen molar-refractivity contribution in [3.05, 3.63) is 0 Å². The first-order chi connectivity index (χ1) is 7.08. The minimum absolute atomic E-state index is 0.201. The van der Waals surface area contributed by atoms with Gasteiger partial charge in [0, 0.05) is 19.3 Å². The molecule has 0 N–H and O–H groups in total. The maximum Gasteiger partial charge on any atom is 0.309 e. The van der Waals surface area contributed by atoms with Crippen LogP contribution in [0.4, 0.5) is 0 Å². The molecule has 0 bridgehead atoms. The third-order valence-corrected chi connectivity index (χ3v) is 3.47. The average molecular weight is 212 g/mol. The van der Waals surface area contributed by atoms with Crippen molar-refractivity contribution in [1.82, 2.24) is 0 Å².